The Balaban J connectivity index is 1.71. The van der Waals surface area contributed by atoms with Crippen LogP contribution in [0.2, 0.25) is 0 Å². The third kappa shape index (κ3) is 4.53. The summed E-state index contributed by atoms with van der Waals surface area (Å²) in [6.45, 7) is 4.44. The Kier molecular flexibility index (Phi) is 5.35. The third-order valence-electron chi connectivity index (χ3n) is 3.30. The first kappa shape index (κ1) is 14.3. The summed E-state index contributed by atoms with van der Waals surface area (Å²) in [5, 5.41) is 0. The maximum Gasteiger partial charge on any atom is 0.209 e. The van der Waals surface area contributed by atoms with Crippen LogP contribution in [0.25, 0.3) is 0 Å². The molecule has 0 N–H and O–H groups in total. The van der Waals surface area contributed by atoms with Crippen molar-refractivity contribution in [3.8, 4) is 0 Å². The van der Waals surface area contributed by atoms with Gasteiger partial charge < -0.3 is 9.47 Å². The number of hydrogen-bond donors (Lipinski definition) is 0. The van der Waals surface area contributed by atoms with Crippen molar-refractivity contribution in [2.75, 3.05) is 13.1 Å². The molecule has 0 aliphatic heterocycles. The molecule has 1 heterocycles. The van der Waals surface area contributed by atoms with Crippen LogP contribution in [0, 0.1) is 6.92 Å². The molecule has 0 fully saturated rings. The quantitative estimate of drug-likeness (QED) is 0.691. The zero-order valence-electron chi connectivity index (χ0n) is 11.9. The minimum atomic E-state index is 0.774. The molecule has 4 heteroatoms. The number of carbonyl (C=O) groups excluding carboxylic acids is 1. The Morgan fingerprint density at radius 1 is 1.25 bits per heavy atom. The number of aromatic nitrogens is 2. The van der Waals surface area contributed by atoms with Gasteiger partial charge in [0.15, 0.2) is 0 Å². The number of carbonyl (C=O) groups is 1. The van der Waals surface area contributed by atoms with E-state index in [1.54, 1.807) is 0 Å². The zero-order chi connectivity index (χ0) is 14.2. The summed E-state index contributed by atoms with van der Waals surface area (Å²) >= 11 is 0. The highest BCUT2D eigenvalue weighted by Gasteiger charge is 2.02. The van der Waals surface area contributed by atoms with Gasteiger partial charge in [-0.3, -0.25) is 4.79 Å². The molecule has 20 heavy (non-hydrogen) atoms. The summed E-state index contributed by atoms with van der Waals surface area (Å²) in [7, 11) is 0. The van der Waals surface area contributed by atoms with Gasteiger partial charge in [0.05, 0.1) is 12.0 Å². The van der Waals surface area contributed by atoms with Crippen molar-refractivity contribution in [1.29, 1.82) is 0 Å². The highest BCUT2D eigenvalue weighted by molar-refractivity contribution is 5.46. The number of aryl methyl sites for hydroxylation is 2. The van der Waals surface area contributed by atoms with E-state index < -0.39 is 0 Å². The minimum absolute atomic E-state index is 0.774. The van der Waals surface area contributed by atoms with Crippen LogP contribution < -0.4 is 0 Å². The maximum absolute atomic E-state index is 11.1. The molecule has 0 atom stereocenters. The lowest BCUT2D eigenvalue weighted by Crippen LogP contribution is -2.26. The van der Waals surface area contributed by atoms with Crippen LogP contribution in [0.5, 0.6) is 0 Å². The van der Waals surface area contributed by atoms with E-state index in [0.29, 0.717) is 0 Å². The summed E-state index contributed by atoms with van der Waals surface area (Å²) in [6, 6.07) is 10.3. The number of nitrogens with zero attached hydrogens (tertiary/aromatic N) is 3. The predicted molar refractivity (Wildman–Crippen MR) is 79.4 cm³/mol. The predicted octanol–water partition coefficient (Wildman–Crippen LogP) is 2.28. The highest BCUT2D eigenvalue weighted by atomic mass is 16.1. The van der Waals surface area contributed by atoms with E-state index in [-0.39, 0.29) is 0 Å². The SMILES string of the molecule is Cc1cn(CCCN(C=O)CCc2ccccc2)cn1. The van der Waals surface area contributed by atoms with Crippen molar-refractivity contribution >= 4 is 6.41 Å². The summed E-state index contributed by atoms with van der Waals surface area (Å²) in [6.07, 6.45) is 6.66. The number of rotatable bonds is 8. The molecule has 0 bridgehead atoms. The molecule has 1 aromatic heterocycles. The zero-order valence-corrected chi connectivity index (χ0v) is 11.9. The average Bonchev–Trinajstić information content (AvgIpc) is 2.89. The molecule has 0 aliphatic rings. The van der Waals surface area contributed by atoms with Crippen molar-refractivity contribution in [2.45, 2.75) is 26.3 Å². The van der Waals surface area contributed by atoms with Gasteiger partial charge in [-0.25, -0.2) is 4.98 Å². The standard InChI is InChI=1S/C16H21N3O/c1-15-12-19(13-17-15)10-5-9-18(14-20)11-8-16-6-3-2-4-7-16/h2-4,6-7,12-14H,5,8-11H2,1H3. The van der Waals surface area contributed by atoms with E-state index in [1.807, 2.05) is 42.5 Å². The first-order valence-corrected chi connectivity index (χ1v) is 6.99. The van der Waals surface area contributed by atoms with Gasteiger partial charge in [-0.2, -0.15) is 0 Å². The molecule has 1 amide bonds. The van der Waals surface area contributed by atoms with Gasteiger partial charge in [0.25, 0.3) is 0 Å². The first-order chi connectivity index (χ1) is 9.78. The Morgan fingerprint density at radius 3 is 2.70 bits per heavy atom. The fraction of sp³-hybridized carbons (Fsp3) is 0.375. The lowest BCUT2D eigenvalue weighted by Gasteiger charge is -2.17. The van der Waals surface area contributed by atoms with Crippen LogP contribution in [0.3, 0.4) is 0 Å². The van der Waals surface area contributed by atoms with Crippen molar-refractivity contribution in [2.24, 2.45) is 0 Å². The summed E-state index contributed by atoms with van der Waals surface area (Å²) in [4.78, 5) is 17.1. The summed E-state index contributed by atoms with van der Waals surface area (Å²) < 4.78 is 2.06. The van der Waals surface area contributed by atoms with Crippen LogP contribution in [0.15, 0.2) is 42.9 Å². The fourth-order valence-electron chi connectivity index (χ4n) is 2.19. The molecule has 0 aliphatic carbocycles. The molecular weight excluding hydrogens is 250 g/mol. The smallest absolute Gasteiger partial charge is 0.209 e. The summed E-state index contributed by atoms with van der Waals surface area (Å²) in [5.41, 5.74) is 2.30. The molecule has 0 saturated carbocycles. The van der Waals surface area contributed by atoms with E-state index in [4.69, 9.17) is 0 Å². The molecule has 0 saturated heterocycles. The van der Waals surface area contributed by atoms with Crippen LogP contribution >= 0.6 is 0 Å². The Hall–Kier alpha value is -2.10. The highest BCUT2D eigenvalue weighted by Crippen LogP contribution is 2.02. The Morgan fingerprint density at radius 2 is 2.05 bits per heavy atom. The van der Waals surface area contributed by atoms with Crippen molar-refractivity contribution in [1.82, 2.24) is 14.5 Å². The monoisotopic (exact) mass is 271 g/mol. The molecular formula is C16H21N3O. The van der Waals surface area contributed by atoms with E-state index >= 15 is 0 Å². The minimum Gasteiger partial charge on any atom is -0.345 e. The van der Waals surface area contributed by atoms with Crippen molar-refractivity contribution in [3.63, 3.8) is 0 Å². The topological polar surface area (TPSA) is 38.1 Å². The van der Waals surface area contributed by atoms with Crippen LogP contribution in [0.1, 0.15) is 17.7 Å². The lowest BCUT2D eigenvalue weighted by molar-refractivity contribution is -0.118. The first-order valence-electron chi connectivity index (χ1n) is 6.99. The summed E-state index contributed by atoms with van der Waals surface area (Å²) in [5.74, 6) is 0. The molecule has 0 radical (unpaired) electrons. The van der Waals surface area contributed by atoms with Crippen molar-refractivity contribution < 1.29 is 4.79 Å². The molecule has 2 aromatic rings. The normalized spacial score (nSPS) is 10.4. The molecule has 1 aromatic carbocycles. The second-order valence-corrected chi connectivity index (χ2v) is 4.98. The van der Waals surface area contributed by atoms with Gasteiger partial charge in [-0.05, 0) is 25.3 Å². The van der Waals surface area contributed by atoms with Crippen LogP contribution in [-0.4, -0.2) is 34.0 Å². The van der Waals surface area contributed by atoms with E-state index in [1.165, 1.54) is 5.56 Å². The van der Waals surface area contributed by atoms with Crippen LogP contribution in [-0.2, 0) is 17.8 Å². The second-order valence-electron chi connectivity index (χ2n) is 4.98. The van der Waals surface area contributed by atoms with E-state index in [2.05, 4.69) is 21.7 Å². The van der Waals surface area contributed by atoms with Gasteiger partial charge in [0.1, 0.15) is 0 Å². The van der Waals surface area contributed by atoms with Crippen LogP contribution in [0.4, 0.5) is 0 Å². The third-order valence-corrected chi connectivity index (χ3v) is 3.30. The number of benzene rings is 1. The maximum atomic E-state index is 11.1. The van der Waals surface area contributed by atoms with Gasteiger partial charge >= 0.3 is 0 Å². The van der Waals surface area contributed by atoms with Gasteiger partial charge in [0.2, 0.25) is 6.41 Å². The average molecular weight is 271 g/mol. The second kappa shape index (κ2) is 7.48. The lowest BCUT2D eigenvalue weighted by atomic mass is 10.1. The number of imidazole rings is 1. The van der Waals surface area contributed by atoms with E-state index in [0.717, 1.165) is 44.6 Å². The van der Waals surface area contributed by atoms with Gasteiger partial charge in [0, 0.05) is 25.8 Å². The molecule has 4 nitrogen and oxygen atoms in total. The molecule has 0 unspecified atom stereocenters. The Bertz CT molecular complexity index is 522. The fourth-order valence-corrected chi connectivity index (χ4v) is 2.19. The molecule has 2 rings (SSSR count). The van der Waals surface area contributed by atoms with E-state index in [9.17, 15) is 4.79 Å². The molecule has 0 spiro atoms. The van der Waals surface area contributed by atoms with Gasteiger partial charge in [-0.15, -0.1) is 0 Å². The Labute approximate surface area is 120 Å². The number of amides is 1. The van der Waals surface area contributed by atoms with Gasteiger partial charge in [-0.1, -0.05) is 30.3 Å². The van der Waals surface area contributed by atoms with Crippen molar-refractivity contribution in [3.05, 3.63) is 54.1 Å². The largest absolute Gasteiger partial charge is 0.345 e. The molecule has 106 valence electrons. The number of hydrogen-bond acceptors (Lipinski definition) is 2.